The van der Waals surface area contributed by atoms with Gasteiger partial charge in [-0.05, 0) is 26.0 Å². The summed E-state index contributed by atoms with van der Waals surface area (Å²) in [5, 5.41) is 7.67. The van der Waals surface area contributed by atoms with E-state index in [1.165, 1.54) is 13.2 Å². The quantitative estimate of drug-likeness (QED) is 0.852. The molecule has 0 spiro atoms. The number of hydrogen-bond donors (Lipinski definition) is 1. The van der Waals surface area contributed by atoms with Gasteiger partial charge >= 0.3 is 0 Å². The van der Waals surface area contributed by atoms with Gasteiger partial charge in [0.2, 0.25) is 0 Å². The van der Waals surface area contributed by atoms with Crippen LogP contribution < -0.4 is 10.1 Å². The van der Waals surface area contributed by atoms with Crippen LogP contribution in [0.4, 0.5) is 4.39 Å². The first kappa shape index (κ1) is 15.5. The van der Waals surface area contributed by atoms with Crippen LogP contribution in [0.2, 0.25) is 0 Å². The molecule has 0 aliphatic rings. The van der Waals surface area contributed by atoms with Gasteiger partial charge in [-0.1, -0.05) is 13.0 Å². The number of aryl methyl sites for hydroxylation is 1. The van der Waals surface area contributed by atoms with Crippen LogP contribution in [0.3, 0.4) is 0 Å². The summed E-state index contributed by atoms with van der Waals surface area (Å²) < 4.78 is 21.2. The lowest BCUT2D eigenvalue weighted by molar-refractivity contribution is 0.410. The molecule has 2 rings (SSSR count). The lowest BCUT2D eigenvalue weighted by atomic mass is 10.0. The van der Waals surface area contributed by atoms with Crippen molar-refractivity contribution in [1.82, 2.24) is 15.1 Å². The minimum atomic E-state index is -0.271. The first-order chi connectivity index (χ1) is 10.2. The summed E-state index contributed by atoms with van der Waals surface area (Å²) in [6, 6.07) is 4.77. The third-order valence-corrected chi connectivity index (χ3v) is 3.43. The largest absolute Gasteiger partial charge is 0.497 e. The summed E-state index contributed by atoms with van der Waals surface area (Å²) >= 11 is 0. The highest BCUT2D eigenvalue weighted by molar-refractivity contribution is 5.35. The Bertz CT molecular complexity index is 583. The molecular weight excluding hydrogens is 269 g/mol. The van der Waals surface area contributed by atoms with Crippen molar-refractivity contribution < 1.29 is 9.13 Å². The van der Waals surface area contributed by atoms with E-state index in [0.29, 0.717) is 11.3 Å². The molecule has 1 aromatic heterocycles. The summed E-state index contributed by atoms with van der Waals surface area (Å²) in [6.45, 7) is 5.72. The van der Waals surface area contributed by atoms with Gasteiger partial charge in [0.25, 0.3) is 0 Å². The highest BCUT2D eigenvalue weighted by Gasteiger charge is 2.19. The fourth-order valence-corrected chi connectivity index (χ4v) is 2.27. The molecule has 1 N–H and O–H groups in total. The molecular formula is C16H22FN3O. The first-order valence-electron chi connectivity index (χ1n) is 7.28. The lowest BCUT2D eigenvalue weighted by Crippen LogP contribution is -2.23. The van der Waals surface area contributed by atoms with Crippen molar-refractivity contribution in [1.29, 1.82) is 0 Å². The lowest BCUT2D eigenvalue weighted by Gasteiger charge is -2.18. The Morgan fingerprint density at radius 2 is 2.19 bits per heavy atom. The van der Waals surface area contributed by atoms with E-state index in [9.17, 15) is 4.39 Å². The average Bonchev–Trinajstić information content (AvgIpc) is 2.97. The third-order valence-electron chi connectivity index (χ3n) is 3.43. The summed E-state index contributed by atoms with van der Waals surface area (Å²) in [4.78, 5) is 0. The molecule has 0 saturated heterocycles. The number of benzene rings is 1. The van der Waals surface area contributed by atoms with Crippen LogP contribution in [0, 0.1) is 5.82 Å². The first-order valence-corrected chi connectivity index (χ1v) is 7.28. The minimum Gasteiger partial charge on any atom is -0.497 e. The van der Waals surface area contributed by atoms with Crippen LogP contribution in [0.1, 0.15) is 37.4 Å². The van der Waals surface area contributed by atoms with E-state index < -0.39 is 0 Å². The Kier molecular flexibility index (Phi) is 5.33. The third kappa shape index (κ3) is 3.61. The normalized spacial score (nSPS) is 12.4. The van der Waals surface area contributed by atoms with Crippen LogP contribution >= 0.6 is 0 Å². The van der Waals surface area contributed by atoms with E-state index >= 15 is 0 Å². The Morgan fingerprint density at radius 3 is 2.76 bits per heavy atom. The second-order valence-electron chi connectivity index (χ2n) is 4.90. The second-order valence-corrected chi connectivity index (χ2v) is 4.90. The maximum absolute atomic E-state index is 14.3. The van der Waals surface area contributed by atoms with Crippen LogP contribution in [0.15, 0.2) is 30.6 Å². The van der Waals surface area contributed by atoms with E-state index in [1.807, 2.05) is 17.8 Å². The van der Waals surface area contributed by atoms with Crippen molar-refractivity contribution in [2.24, 2.45) is 0 Å². The predicted molar refractivity (Wildman–Crippen MR) is 81.0 cm³/mol. The molecule has 1 atom stereocenters. The van der Waals surface area contributed by atoms with Gasteiger partial charge in [0, 0.05) is 29.9 Å². The molecule has 0 fully saturated rings. The van der Waals surface area contributed by atoms with Gasteiger partial charge in [-0.2, -0.15) is 5.10 Å². The highest BCUT2D eigenvalue weighted by atomic mass is 19.1. The number of hydrogen-bond acceptors (Lipinski definition) is 3. The number of nitrogens with one attached hydrogen (secondary N) is 1. The fraction of sp³-hybridized carbons (Fsp3) is 0.438. The van der Waals surface area contributed by atoms with Crippen LogP contribution in [0.5, 0.6) is 5.75 Å². The van der Waals surface area contributed by atoms with Gasteiger partial charge in [-0.15, -0.1) is 0 Å². The average molecular weight is 291 g/mol. The van der Waals surface area contributed by atoms with Gasteiger partial charge in [0.15, 0.2) is 0 Å². The van der Waals surface area contributed by atoms with E-state index in [1.54, 1.807) is 18.3 Å². The number of nitrogens with zero attached hydrogens (tertiary/aromatic N) is 2. The molecule has 0 bridgehead atoms. The molecule has 0 aliphatic heterocycles. The molecule has 0 amide bonds. The van der Waals surface area contributed by atoms with Gasteiger partial charge in [-0.25, -0.2) is 4.39 Å². The predicted octanol–water partition coefficient (Wildman–Crippen LogP) is 3.14. The smallest absolute Gasteiger partial charge is 0.132 e. The van der Waals surface area contributed by atoms with Crippen molar-refractivity contribution in [3.8, 4) is 5.75 Å². The van der Waals surface area contributed by atoms with Crippen molar-refractivity contribution in [3.05, 3.63) is 47.5 Å². The molecule has 5 heteroatoms. The molecule has 2 aromatic rings. The minimum absolute atomic E-state index is 0.198. The molecule has 114 valence electrons. The van der Waals surface area contributed by atoms with E-state index in [4.69, 9.17) is 4.74 Å². The molecule has 0 radical (unpaired) electrons. The zero-order valence-corrected chi connectivity index (χ0v) is 12.8. The summed E-state index contributed by atoms with van der Waals surface area (Å²) in [6.07, 6.45) is 4.73. The molecule has 0 aliphatic carbocycles. The van der Waals surface area contributed by atoms with Crippen molar-refractivity contribution in [2.75, 3.05) is 13.7 Å². The number of halogens is 1. The van der Waals surface area contributed by atoms with E-state index in [2.05, 4.69) is 17.3 Å². The molecule has 4 nitrogen and oxygen atoms in total. The summed E-state index contributed by atoms with van der Waals surface area (Å²) in [5.74, 6) is 0.252. The fourth-order valence-electron chi connectivity index (χ4n) is 2.27. The molecule has 0 saturated carbocycles. The van der Waals surface area contributed by atoms with Crippen molar-refractivity contribution in [2.45, 2.75) is 32.9 Å². The maximum Gasteiger partial charge on any atom is 0.132 e. The highest BCUT2D eigenvalue weighted by Crippen LogP contribution is 2.27. The number of aromatic nitrogens is 2. The maximum atomic E-state index is 14.3. The Balaban J connectivity index is 2.35. The summed E-state index contributed by atoms with van der Waals surface area (Å²) in [7, 11) is 1.53. The number of rotatable bonds is 7. The zero-order valence-electron chi connectivity index (χ0n) is 12.8. The molecule has 1 aromatic carbocycles. The van der Waals surface area contributed by atoms with E-state index in [-0.39, 0.29) is 11.9 Å². The van der Waals surface area contributed by atoms with Crippen LogP contribution in [-0.2, 0) is 6.54 Å². The van der Waals surface area contributed by atoms with Crippen LogP contribution in [0.25, 0.3) is 0 Å². The SMILES string of the molecule is CCCNC(c1cnn(CC)c1)c1ccc(OC)cc1F. The van der Waals surface area contributed by atoms with Gasteiger partial charge in [0.1, 0.15) is 11.6 Å². The van der Waals surface area contributed by atoms with Crippen molar-refractivity contribution in [3.63, 3.8) is 0 Å². The molecule has 1 heterocycles. The van der Waals surface area contributed by atoms with Gasteiger partial charge < -0.3 is 10.1 Å². The summed E-state index contributed by atoms with van der Waals surface area (Å²) in [5.41, 5.74) is 1.58. The monoisotopic (exact) mass is 291 g/mol. The Hall–Kier alpha value is -1.88. The van der Waals surface area contributed by atoms with E-state index in [0.717, 1.165) is 25.1 Å². The Labute approximate surface area is 124 Å². The second kappa shape index (κ2) is 7.22. The molecule has 1 unspecified atom stereocenters. The topological polar surface area (TPSA) is 39.1 Å². The molecule has 21 heavy (non-hydrogen) atoms. The number of ether oxygens (including phenoxy) is 1. The van der Waals surface area contributed by atoms with Crippen molar-refractivity contribution >= 4 is 0 Å². The van der Waals surface area contributed by atoms with Crippen LogP contribution in [-0.4, -0.2) is 23.4 Å². The Morgan fingerprint density at radius 1 is 1.38 bits per heavy atom. The van der Waals surface area contributed by atoms with Gasteiger partial charge in [0.05, 0.1) is 19.3 Å². The van der Waals surface area contributed by atoms with Gasteiger partial charge in [-0.3, -0.25) is 4.68 Å². The standard InChI is InChI=1S/C16H22FN3O/c1-4-8-18-16(12-10-19-20(5-2)11-12)14-7-6-13(21-3)9-15(14)17/h6-7,9-11,16,18H,4-5,8H2,1-3H3. The number of methoxy groups -OCH3 is 1. The zero-order chi connectivity index (χ0) is 15.2.